The maximum absolute atomic E-state index is 13.1. The number of hydrogen-bond acceptors (Lipinski definition) is 8. The van der Waals surface area contributed by atoms with Gasteiger partial charge < -0.3 is 16.4 Å². The summed E-state index contributed by atoms with van der Waals surface area (Å²) in [6.07, 6.45) is 2.61. The highest BCUT2D eigenvalue weighted by Crippen LogP contribution is 2.38. The highest BCUT2D eigenvalue weighted by atomic mass is 32.2. The number of hydrogen-bond donors (Lipinski definition) is 4. The van der Waals surface area contributed by atoms with E-state index in [0.717, 1.165) is 25.5 Å². The van der Waals surface area contributed by atoms with Crippen LogP contribution in [0, 0.1) is 0 Å². The lowest BCUT2D eigenvalue weighted by Crippen LogP contribution is -2.50. The number of fused-ring (bicyclic) bond motifs is 1. The molecular weight excluding hydrogens is 456 g/mol. The Labute approximate surface area is 191 Å². The molecule has 10 nitrogen and oxygen atoms in total. The summed E-state index contributed by atoms with van der Waals surface area (Å²) in [5.74, 6) is -2.81. The zero-order chi connectivity index (χ0) is 24.4. The van der Waals surface area contributed by atoms with Crippen LogP contribution in [0.1, 0.15) is 52.9 Å². The maximum atomic E-state index is 13.1. The summed E-state index contributed by atoms with van der Waals surface area (Å²) in [4.78, 5) is 23.8. The first kappa shape index (κ1) is 25.0. The molecule has 0 aromatic carbocycles. The van der Waals surface area contributed by atoms with Gasteiger partial charge in [-0.2, -0.15) is 4.98 Å². The van der Waals surface area contributed by atoms with E-state index < -0.39 is 40.4 Å². The molecule has 2 aromatic rings. The number of nitrogens with one attached hydrogen (secondary N) is 3. The van der Waals surface area contributed by atoms with Crippen molar-refractivity contribution in [3.63, 3.8) is 0 Å². The summed E-state index contributed by atoms with van der Waals surface area (Å²) in [6.45, 7) is 5.75. The molecule has 0 aliphatic heterocycles. The van der Waals surface area contributed by atoms with Gasteiger partial charge in [-0.05, 0) is 19.4 Å². The molecule has 1 fully saturated rings. The van der Waals surface area contributed by atoms with Crippen LogP contribution in [0.3, 0.4) is 0 Å². The van der Waals surface area contributed by atoms with Crippen LogP contribution >= 0.6 is 0 Å². The number of nitrogens with two attached hydrogens (primary N) is 1. The van der Waals surface area contributed by atoms with Gasteiger partial charge in [-0.15, -0.1) is 0 Å². The molecule has 0 spiro atoms. The molecule has 5 N–H and O–H groups in total. The van der Waals surface area contributed by atoms with Crippen LogP contribution < -0.4 is 21.1 Å². The molecule has 13 heteroatoms. The minimum absolute atomic E-state index is 0.0923. The largest absolute Gasteiger partial charge is 0.368 e. The van der Waals surface area contributed by atoms with Crippen molar-refractivity contribution >= 4 is 38.7 Å². The summed E-state index contributed by atoms with van der Waals surface area (Å²) in [6, 6.07) is 0.448. The van der Waals surface area contributed by atoms with Crippen molar-refractivity contribution < 1.29 is 22.0 Å². The van der Waals surface area contributed by atoms with Crippen molar-refractivity contribution in [2.75, 3.05) is 17.6 Å². The second-order valence-electron chi connectivity index (χ2n) is 8.75. The fourth-order valence-electron chi connectivity index (χ4n) is 3.65. The molecule has 0 radical (unpaired) electrons. The predicted molar refractivity (Wildman–Crippen MR) is 120 cm³/mol. The molecule has 182 valence electrons. The van der Waals surface area contributed by atoms with E-state index in [0.29, 0.717) is 17.9 Å². The molecule has 0 saturated heterocycles. The van der Waals surface area contributed by atoms with E-state index in [-0.39, 0.29) is 22.3 Å². The van der Waals surface area contributed by atoms with Crippen molar-refractivity contribution in [1.82, 2.24) is 25.0 Å². The van der Waals surface area contributed by atoms with Gasteiger partial charge in [0.2, 0.25) is 21.9 Å². The lowest BCUT2D eigenvalue weighted by atomic mass is 9.89. The number of alkyl halides is 2. The van der Waals surface area contributed by atoms with E-state index in [1.165, 1.54) is 13.0 Å². The number of carbonyl (C=O) groups is 1. The topological polar surface area (TPSA) is 152 Å². The van der Waals surface area contributed by atoms with Crippen LogP contribution in [0.2, 0.25) is 0 Å². The SMILES string of the molecule is CCCC[C@](C)(CNC(C)=O)Nc1nc(N)nc2cc(S(=O)(=O)NC3CC(F)(F)C3)cnc12. The lowest BCUT2D eigenvalue weighted by Gasteiger charge is -2.34. The van der Waals surface area contributed by atoms with Gasteiger partial charge in [0.25, 0.3) is 5.92 Å². The third-order valence-corrected chi connectivity index (χ3v) is 6.97. The smallest absolute Gasteiger partial charge is 0.251 e. The highest BCUT2D eigenvalue weighted by Gasteiger charge is 2.47. The normalized spacial score (nSPS) is 17.8. The molecule has 1 atom stereocenters. The molecule has 2 aromatic heterocycles. The Balaban J connectivity index is 1.90. The second-order valence-corrected chi connectivity index (χ2v) is 10.5. The zero-order valence-electron chi connectivity index (χ0n) is 18.8. The molecule has 33 heavy (non-hydrogen) atoms. The first-order valence-electron chi connectivity index (χ1n) is 10.7. The molecule has 0 unspecified atom stereocenters. The Hall–Kier alpha value is -2.67. The molecular formula is C20H29F2N7O3S. The van der Waals surface area contributed by atoms with Crippen molar-refractivity contribution in [1.29, 1.82) is 0 Å². The van der Waals surface area contributed by atoms with Gasteiger partial charge >= 0.3 is 0 Å². The Morgan fingerprint density at radius 1 is 1.33 bits per heavy atom. The quantitative estimate of drug-likeness (QED) is 0.400. The van der Waals surface area contributed by atoms with E-state index in [2.05, 4.69) is 37.2 Å². The van der Waals surface area contributed by atoms with Gasteiger partial charge in [-0.25, -0.2) is 31.9 Å². The van der Waals surface area contributed by atoms with Gasteiger partial charge in [-0.3, -0.25) is 4.79 Å². The maximum Gasteiger partial charge on any atom is 0.251 e. The second kappa shape index (κ2) is 9.29. The number of unbranched alkanes of at least 4 members (excludes halogenated alkanes) is 1. The van der Waals surface area contributed by atoms with Crippen LogP contribution in [-0.2, 0) is 14.8 Å². The Bertz CT molecular complexity index is 1140. The van der Waals surface area contributed by atoms with E-state index in [1.54, 1.807) is 0 Å². The average Bonchev–Trinajstić information content (AvgIpc) is 2.68. The lowest BCUT2D eigenvalue weighted by molar-refractivity contribution is -0.119. The van der Waals surface area contributed by atoms with Gasteiger partial charge in [0.15, 0.2) is 5.82 Å². The first-order chi connectivity index (χ1) is 15.3. The molecule has 1 saturated carbocycles. The predicted octanol–water partition coefficient (Wildman–Crippen LogP) is 2.18. The number of halogens is 2. The molecule has 3 rings (SSSR count). The number of sulfonamides is 1. The van der Waals surface area contributed by atoms with Crippen molar-refractivity contribution in [2.45, 2.75) is 75.3 Å². The van der Waals surface area contributed by atoms with Gasteiger partial charge in [0, 0.05) is 38.5 Å². The summed E-state index contributed by atoms with van der Waals surface area (Å²) in [5, 5.41) is 6.09. The number of pyridine rings is 1. The molecule has 1 amide bonds. The van der Waals surface area contributed by atoms with Crippen molar-refractivity contribution in [2.24, 2.45) is 0 Å². The summed E-state index contributed by atoms with van der Waals surface area (Å²) >= 11 is 0. The third kappa shape index (κ3) is 6.22. The highest BCUT2D eigenvalue weighted by molar-refractivity contribution is 7.89. The monoisotopic (exact) mass is 485 g/mol. The Kier molecular flexibility index (Phi) is 7.03. The van der Waals surface area contributed by atoms with Gasteiger partial charge in [0.1, 0.15) is 10.4 Å². The van der Waals surface area contributed by atoms with Crippen molar-refractivity contribution in [3.05, 3.63) is 12.3 Å². The minimum Gasteiger partial charge on any atom is -0.368 e. The standard InChI is InChI=1S/C20H29F2N7O3S/c1-4-5-6-19(3,11-25-12(2)30)28-17-16-15(26-18(23)27-17)7-14(10-24-16)33(31,32)29-13-8-20(21,22)9-13/h7,10,13,29H,4-6,8-9,11H2,1-3H3,(H,25,30)(H3,23,26,27,28)/t19-/m1/s1. The number of amides is 1. The number of anilines is 2. The van der Waals surface area contributed by atoms with Crippen LogP contribution in [0.25, 0.3) is 11.0 Å². The van der Waals surface area contributed by atoms with Crippen LogP contribution in [0.15, 0.2) is 17.2 Å². The molecule has 2 heterocycles. The van der Waals surface area contributed by atoms with Crippen molar-refractivity contribution in [3.8, 4) is 0 Å². The number of rotatable bonds is 10. The summed E-state index contributed by atoms with van der Waals surface area (Å²) < 4.78 is 53.7. The number of carbonyl (C=O) groups excluding carboxylic acids is 1. The number of nitrogen functional groups attached to an aromatic ring is 1. The average molecular weight is 486 g/mol. The van der Waals surface area contributed by atoms with E-state index in [9.17, 15) is 22.0 Å². The van der Waals surface area contributed by atoms with Crippen LogP contribution in [0.5, 0.6) is 0 Å². The molecule has 1 aliphatic carbocycles. The number of aromatic nitrogens is 3. The minimum atomic E-state index is -4.07. The Morgan fingerprint density at radius 3 is 2.64 bits per heavy atom. The molecule has 1 aliphatic rings. The fourth-order valence-corrected chi connectivity index (χ4v) is 4.85. The van der Waals surface area contributed by atoms with Gasteiger partial charge in [-0.1, -0.05) is 19.8 Å². The zero-order valence-corrected chi connectivity index (χ0v) is 19.6. The summed E-state index contributed by atoms with van der Waals surface area (Å²) in [7, 11) is -4.07. The van der Waals surface area contributed by atoms with E-state index in [4.69, 9.17) is 5.73 Å². The van der Waals surface area contributed by atoms with Gasteiger partial charge in [0.05, 0.1) is 11.1 Å². The first-order valence-corrected chi connectivity index (χ1v) is 12.2. The summed E-state index contributed by atoms with van der Waals surface area (Å²) in [5.41, 5.74) is 5.77. The Morgan fingerprint density at radius 2 is 2.03 bits per heavy atom. The fraction of sp³-hybridized carbons (Fsp3) is 0.600. The van der Waals surface area contributed by atoms with Crippen LogP contribution in [0.4, 0.5) is 20.5 Å². The molecule has 0 bridgehead atoms. The number of nitrogens with zero attached hydrogens (tertiary/aromatic N) is 3. The van der Waals surface area contributed by atoms with E-state index in [1.807, 2.05) is 6.92 Å². The van der Waals surface area contributed by atoms with Crippen LogP contribution in [-0.4, -0.2) is 53.3 Å². The third-order valence-electron chi connectivity index (χ3n) is 5.48. The van der Waals surface area contributed by atoms with E-state index >= 15 is 0 Å².